The molecular weight excluding hydrogens is 317 g/mol. The van der Waals surface area contributed by atoms with Crippen LogP contribution in [0.3, 0.4) is 0 Å². The molecule has 0 unspecified atom stereocenters. The van der Waals surface area contributed by atoms with E-state index in [-0.39, 0.29) is 12.4 Å². The highest BCUT2D eigenvalue weighted by Crippen LogP contribution is 2.12. The fourth-order valence-electron chi connectivity index (χ4n) is 2.21. The second-order valence-corrected chi connectivity index (χ2v) is 5.37. The van der Waals surface area contributed by atoms with Gasteiger partial charge in [-0.3, -0.25) is 4.99 Å². The van der Waals surface area contributed by atoms with E-state index in [2.05, 4.69) is 21.5 Å². The molecule has 2 aromatic rings. The lowest BCUT2D eigenvalue weighted by atomic mass is 10.1. The van der Waals surface area contributed by atoms with E-state index in [0.29, 0.717) is 12.5 Å². The van der Waals surface area contributed by atoms with Crippen molar-refractivity contribution in [3.05, 3.63) is 65.5 Å². The van der Waals surface area contributed by atoms with Gasteiger partial charge in [0.25, 0.3) is 0 Å². The maximum Gasteiger partial charge on any atom is 0.191 e. The van der Waals surface area contributed by atoms with Gasteiger partial charge in [-0.15, -0.1) is 6.42 Å². The molecule has 0 aliphatic carbocycles. The predicted molar refractivity (Wildman–Crippen MR) is 99.1 cm³/mol. The molecule has 0 aliphatic rings. The zero-order valence-electron chi connectivity index (χ0n) is 14.3. The number of rotatable bonds is 7. The zero-order valence-corrected chi connectivity index (χ0v) is 14.3. The SMILES string of the molecule is C#CCOc1ccc(CCNC(=NC)NCc2ccc(F)cc2)cc1. The minimum Gasteiger partial charge on any atom is -0.481 e. The van der Waals surface area contributed by atoms with Crippen LogP contribution in [-0.4, -0.2) is 26.2 Å². The molecule has 130 valence electrons. The van der Waals surface area contributed by atoms with Crippen LogP contribution in [0, 0.1) is 18.2 Å². The number of hydrogen-bond acceptors (Lipinski definition) is 2. The van der Waals surface area contributed by atoms with Crippen molar-refractivity contribution in [2.24, 2.45) is 4.99 Å². The molecule has 5 heteroatoms. The number of halogens is 1. The average Bonchev–Trinajstić information content (AvgIpc) is 2.65. The van der Waals surface area contributed by atoms with Gasteiger partial charge in [0.15, 0.2) is 5.96 Å². The summed E-state index contributed by atoms with van der Waals surface area (Å²) in [5.41, 5.74) is 2.18. The summed E-state index contributed by atoms with van der Waals surface area (Å²) in [5.74, 6) is 3.68. The van der Waals surface area contributed by atoms with Gasteiger partial charge in [0, 0.05) is 20.1 Å². The van der Waals surface area contributed by atoms with Crippen LogP contribution in [0.1, 0.15) is 11.1 Å². The van der Waals surface area contributed by atoms with E-state index >= 15 is 0 Å². The van der Waals surface area contributed by atoms with Crippen LogP contribution in [0.5, 0.6) is 5.75 Å². The third kappa shape index (κ3) is 6.56. The van der Waals surface area contributed by atoms with Crippen LogP contribution >= 0.6 is 0 Å². The summed E-state index contributed by atoms with van der Waals surface area (Å²) < 4.78 is 18.2. The number of terminal acetylenes is 1. The van der Waals surface area contributed by atoms with Crippen molar-refractivity contribution in [2.45, 2.75) is 13.0 Å². The fraction of sp³-hybridized carbons (Fsp3) is 0.250. The Morgan fingerprint density at radius 2 is 1.76 bits per heavy atom. The third-order valence-corrected chi connectivity index (χ3v) is 3.55. The Morgan fingerprint density at radius 1 is 1.08 bits per heavy atom. The van der Waals surface area contributed by atoms with Gasteiger partial charge >= 0.3 is 0 Å². The van der Waals surface area contributed by atoms with Gasteiger partial charge in [0.1, 0.15) is 18.2 Å². The first-order valence-corrected chi connectivity index (χ1v) is 8.05. The number of aliphatic imine (C=N–C) groups is 1. The first-order valence-electron chi connectivity index (χ1n) is 8.05. The van der Waals surface area contributed by atoms with Crippen molar-refractivity contribution in [1.82, 2.24) is 10.6 Å². The molecule has 0 bridgehead atoms. The highest BCUT2D eigenvalue weighted by atomic mass is 19.1. The van der Waals surface area contributed by atoms with E-state index in [0.717, 1.165) is 24.3 Å². The highest BCUT2D eigenvalue weighted by Gasteiger charge is 2.00. The number of nitrogens with zero attached hydrogens (tertiary/aromatic N) is 1. The van der Waals surface area contributed by atoms with E-state index < -0.39 is 0 Å². The molecule has 0 aromatic heterocycles. The maximum atomic E-state index is 12.9. The largest absolute Gasteiger partial charge is 0.481 e. The monoisotopic (exact) mass is 339 g/mol. The van der Waals surface area contributed by atoms with Crippen LogP contribution in [0.4, 0.5) is 4.39 Å². The molecule has 0 amide bonds. The Labute approximate surface area is 148 Å². The van der Waals surface area contributed by atoms with E-state index in [1.807, 2.05) is 24.3 Å². The van der Waals surface area contributed by atoms with Crippen LogP contribution < -0.4 is 15.4 Å². The summed E-state index contributed by atoms with van der Waals surface area (Å²) in [6, 6.07) is 14.3. The van der Waals surface area contributed by atoms with Crippen molar-refractivity contribution < 1.29 is 9.13 Å². The number of ether oxygens (including phenoxy) is 1. The van der Waals surface area contributed by atoms with Gasteiger partial charge in [-0.25, -0.2) is 4.39 Å². The van der Waals surface area contributed by atoms with Crippen molar-refractivity contribution in [1.29, 1.82) is 0 Å². The number of guanidine groups is 1. The number of hydrogen-bond donors (Lipinski definition) is 2. The Kier molecular flexibility index (Phi) is 7.33. The van der Waals surface area contributed by atoms with Crippen molar-refractivity contribution in [3.63, 3.8) is 0 Å². The molecule has 2 N–H and O–H groups in total. The normalized spacial score (nSPS) is 10.8. The zero-order chi connectivity index (χ0) is 17.9. The van der Waals surface area contributed by atoms with E-state index in [1.165, 1.54) is 17.7 Å². The van der Waals surface area contributed by atoms with Gasteiger partial charge in [-0.1, -0.05) is 30.2 Å². The topological polar surface area (TPSA) is 45.6 Å². The summed E-state index contributed by atoms with van der Waals surface area (Å²) in [4.78, 5) is 4.18. The minimum atomic E-state index is -0.234. The quantitative estimate of drug-likeness (QED) is 0.463. The Balaban J connectivity index is 1.73. The lowest BCUT2D eigenvalue weighted by Crippen LogP contribution is -2.37. The molecule has 0 aliphatic heterocycles. The van der Waals surface area contributed by atoms with Crippen molar-refractivity contribution in [3.8, 4) is 18.1 Å². The first-order chi connectivity index (χ1) is 12.2. The molecule has 0 spiro atoms. The smallest absolute Gasteiger partial charge is 0.191 e. The first kappa shape index (κ1) is 18.3. The predicted octanol–water partition coefficient (Wildman–Crippen LogP) is 2.75. The van der Waals surface area contributed by atoms with Crippen LogP contribution in [0.25, 0.3) is 0 Å². The second kappa shape index (κ2) is 9.99. The van der Waals surface area contributed by atoms with Gasteiger partial charge in [-0.2, -0.15) is 0 Å². The number of nitrogens with one attached hydrogen (secondary N) is 2. The third-order valence-electron chi connectivity index (χ3n) is 3.55. The lowest BCUT2D eigenvalue weighted by molar-refractivity contribution is 0.370. The number of benzene rings is 2. The van der Waals surface area contributed by atoms with Gasteiger partial charge in [-0.05, 0) is 41.8 Å². The summed E-state index contributed by atoms with van der Waals surface area (Å²) in [7, 11) is 1.72. The highest BCUT2D eigenvalue weighted by molar-refractivity contribution is 5.79. The van der Waals surface area contributed by atoms with Crippen LogP contribution in [0.15, 0.2) is 53.5 Å². The van der Waals surface area contributed by atoms with E-state index in [4.69, 9.17) is 11.2 Å². The average molecular weight is 339 g/mol. The van der Waals surface area contributed by atoms with Gasteiger partial charge in [0.05, 0.1) is 0 Å². The van der Waals surface area contributed by atoms with E-state index in [1.54, 1.807) is 19.2 Å². The molecule has 0 atom stereocenters. The molecule has 2 aromatic carbocycles. The van der Waals surface area contributed by atoms with E-state index in [9.17, 15) is 4.39 Å². The van der Waals surface area contributed by atoms with Gasteiger partial charge < -0.3 is 15.4 Å². The molecule has 0 saturated carbocycles. The Bertz CT molecular complexity index is 718. The van der Waals surface area contributed by atoms with Crippen LogP contribution in [-0.2, 0) is 13.0 Å². The molecule has 0 radical (unpaired) electrons. The fourth-order valence-corrected chi connectivity index (χ4v) is 2.21. The molecule has 4 nitrogen and oxygen atoms in total. The molecule has 25 heavy (non-hydrogen) atoms. The van der Waals surface area contributed by atoms with Crippen LogP contribution in [0.2, 0.25) is 0 Å². The summed E-state index contributed by atoms with van der Waals surface area (Å²) in [6.07, 6.45) is 6.02. The summed E-state index contributed by atoms with van der Waals surface area (Å²) in [6.45, 7) is 1.60. The molecule has 2 rings (SSSR count). The maximum absolute atomic E-state index is 12.9. The Hall–Kier alpha value is -3.00. The summed E-state index contributed by atoms with van der Waals surface area (Å²) in [5, 5.41) is 6.46. The summed E-state index contributed by atoms with van der Waals surface area (Å²) >= 11 is 0. The second-order valence-electron chi connectivity index (χ2n) is 5.37. The molecule has 0 fully saturated rings. The van der Waals surface area contributed by atoms with Gasteiger partial charge in [0.2, 0.25) is 0 Å². The van der Waals surface area contributed by atoms with Crippen molar-refractivity contribution in [2.75, 3.05) is 20.2 Å². The van der Waals surface area contributed by atoms with Crippen molar-refractivity contribution >= 4 is 5.96 Å². The lowest BCUT2D eigenvalue weighted by Gasteiger charge is -2.12. The standard InChI is InChI=1S/C20H22FN3O/c1-3-14-25-19-10-6-16(7-11-19)12-13-23-20(22-2)24-15-17-4-8-18(21)9-5-17/h1,4-11H,12-15H2,2H3,(H2,22,23,24). The minimum absolute atomic E-state index is 0.234. The molecule has 0 saturated heterocycles. The molecular formula is C20H22FN3O. The Morgan fingerprint density at radius 3 is 2.40 bits per heavy atom. The molecule has 0 heterocycles.